The molecule has 2 rings (SSSR count). The van der Waals surface area contributed by atoms with Gasteiger partial charge in [-0.05, 0) is 39.7 Å². The second-order valence-corrected chi connectivity index (χ2v) is 6.63. The van der Waals surface area contributed by atoms with Gasteiger partial charge in [0, 0.05) is 24.7 Å². The second-order valence-electron chi connectivity index (χ2n) is 6.63. The van der Waals surface area contributed by atoms with Gasteiger partial charge in [-0.3, -0.25) is 9.69 Å². The van der Waals surface area contributed by atoms with E-state index >= 15 is 0 Å². The first-order valence-electron chi connectivity index (χ1n) is 8.39. The van der Waals surface area contributed by atoms with Gasteiger partial charge in [-0.25, -0.2) is 0 Å². The van der Waals surface area contributed by atoms with Crippen LogP contribution in [0.2, 0.25) is 0 Å². The quantitative estimate of drug-likeness (QED) is 0.701. The molecule has 0 aromatic carbocycles. The van der Waals surface area contributed by atoms with E-state index in [1.165, 1.54) is 38.5 Å². The minimum atomic E-state index is 0.165. The molecule has 2 saturated carbocycles. The molecule has 2 fully saturated rings. The van der Waals surface area contributed by atoms with E-state index in [-0.39, 0.29) is 5.91 Å². The van der Waals surface area contributed by atoms with E-state index in [2.05, 4.69) is 29.5 Å². The van der Waals surface area contributed by atoms with Crippen molar-refractivity contribution in [2.24, 2.45) is 0 Å². The summed E-state index contributed by atoms with van der Waals surface area (Å²) < 4.78 is 0. The Labute approximate surface area is 123 Å². The molecule has 0 aromatic heterocycles. The van der Waals surface area contributed by atoms with Crippen LogP contribution in [-0.2, 0) is 4.79 Å². The van der Waals surface area contributed by atoms with Gasteiger partial charge in [-0.15, -0.1) is 0 Å². The Balaban J connectivity index is 1.57. The van der Waals surface area contributed by atoms with Crippen molar-refractivity contribution in [1.82, 2.24) is 15.5 Å². The Morgan fingerprint density at radius 3 is 2.40 bits per heavy atom. The van der Waals surface area contributed by atoms with Gasteiger partial charge in [0.15, 0.2) is 0 Å². The largest absolute Gasteiger partial charge is 0.352 e. The van der Waals surface area contributed by atoms with Crippen molar-refractivity contribution in [3.63, 3.8) is 0 Å². The molecule has 0 radical (unpaired) electrons. The maximum Gasteiger partial charge on any atom is 0.234 e. The van der Waals surface area contributed by atoms with Crippen molar-refractivity contribution in [3.8, 4) is 0 Å². The summed E-state index contributed by atoms with van der Waals surface area (Å²) in [5.74, 6) is 0.165. The smallest absolute Gasteiger partial charge is 0.234 e. The fraction of sp³-hybridized carbons (Fsp3) is 0.938. The Bertz CT molecular complexity index is 296. The average Bonchev–Trinajstić information content (AvgIpc) is 3.25. The predicted octanol–water partition coefficient (Wildman–Crippen LogP) is 1.90. The highest BCUT2D eigenvalue weighted by Gasteiger charge is 2.28. The molecule has 1 atom stereocenters. The van der Waals surface area contributed by atoms with Crippen LogP contribution in [-0.4, -0.2) is 49.1 Å². The lowest BCUT2D eigenvalue weighted by Gasteiger charge is -2.24. The number of carbonyl (C=O) groups is 1. The van der Waals surface area contributed by atoms with Crippen LogP contribution in [0.1, 0.15) is 58.3 Å². The maximum absolute atomic E-state index is 11.9. The fourth-order valence-corrected chi connectivity index (χ4v) is 3.08. The summed E-state index contributed by atoms with van der Waals surface area (Å²) in [7, 11) is 2.19. The van der Waals surface area contributed by atoms with Gasteiger partial charge in [0.05, 0.1) is 6.54 Å². The number of likely N-dealkylation sites (N-methyl/N-ethyl adjacent to an activating group) is 1. The average molecular weight is 281 g/mol. The molecule has 4 heteroatoms. The first-order valence-corrected chi connectivity index (χ1v) is 8.39. The fourth-order valence-electron chi connectivity index (χ4n) is 3.08. The second kappa shape index (κ2) is 7.99. The third kappa shape index (κ3) is 5.41. The zero-order valence-electron chi connectivity index (χ0n) is 13.2. The van der Waals surface area contributed by atoms with Crippen molar-refractivity contribution in [2.45, 2.75) is 76.4 Å². The van der Waals surface area contributed by atoms with Gasteiger partial charge in [0.25, 0.3) is 0 Å². The summed E-state index contributed by atoms with van der Waals surface area (Å²) in [6.07, 6.45) is 10.2. The van der Waals surface area contributed by atoms with Crippen molar-refractivity contribution in [1.29, 1.82) is 0 Å². The first kappa shape index (κ1) is 15.8. The number of amides is 1. The molecule has 0 aliphatic heterocycles. The van der Waals surface area contributed by atoms with Crippen LogP contribution in [0.3, 0.4) is 0 Å². The number of nitrogens with one attached hydrogen (secondary N) is 2. The lowest BCUT2D eigenvalue weighted by atomic mass is 10.1. The van der Waals surface area contributed by atoms with E-state index in [9.17, 15) is 4.79 Å². The minimum absolute atomic E-state index is 0.165. The summed E-state index contributed by atoms with van der Waals surface area (Å²) in [5, 5.41) is 6.48. The van der Waals surface area contributed by atoms with Crippen LogP contribution in [0.4, 0.5) is 0 Å². The standard InChI is InChI=1S/C16H31N3O/c1-13(19(2)15-9-10-15)11-17-12-16(20)18-14-7-5-3-4-6-8-14/h13-15,17H,3-12H2,1-2H3,(H,18,20). The van der Waals surface area contributed by atoms with E-state index in [1.54, 1.807) is 0 Å². The normalized spacial score (nSPS) is 22.6. The van der Waals surface area contributed by atoms with Crippen LogP contribution >= 0.6 is 0 Å². The first-order chi connectivity index (χ1) is 9.66. The molecule has 1 amide bonds. The molecule has 0 aromatic rings. The van der Waals surface area contributed by atoms with Crippen LogP contribution in [0.25, 0.3) is 0 Å². The summed E-state index contributed by atoms with van der Waals surface area (Å²) in [5.41, 5.74) is 0. The summed E-state index contributed by atoms with van der Waals surface area (Å²) in [4.78, 5) is 14.4. The lowest BCUT2D eigenvalue weighted by Crippen LogP contribution is -2.44. The molecule has 2 N–H and O–H groups in total. The molecule has 116 valence electrons. The summed E-state index contributed by atoms with van der Waals surface area (Å²) in [6.45, 7) is 3.58. The Hall–Kier alpha value is -0.610. The van der Waals surface area contributed by atoms with Crippen LogP contribution in [0.5, 0.6) is 0 Å². The minimum Gasteiger partial charge on any atom is -0.352 e. The number of nitrogens with zero attached hydrogens (tertiary/aromatic N) is 1. The lowest BCUT2D eigenvalue weighted by molar-refractivity contribution is -0.121. The molecule has 4 nitrogen and oxygen atoms in total. The third-order valence-electron chi connectivity index (χ3n) is 4.76. The molecule has 0 spiro atoms. The Morgan fingerprint density at radius 1 is 1.15 bits per heavy atom. The molecule has 1 unspecified atom stereocenters. The van der Waals surface area contributed by atoms with Crippen molar-refractivity contribution in [2.75, 3.05) is 20.1 Å². The van der Waals surface area contributed by atoms with E-state index in [0.29, 0.717) is 18.6 Å². The zero-order chi connectivity index (χ0) is 14.4. The Morgan fingerprint density at radius 2 is 1.80 bits per heavy atom. The highest BCUT2D eigenvalue weighted by atomic mass is 16.1. The number of hydrogen-bond acceptors (Lipinski definition) is 3. The number of carbonyl (C=O) groups excluding carboxylic acids is 1. The number of rotatable bonds is 7. The van der Waals surface area contributed by atoms with Gasteiger partial charge < -0.3 is 10.6 Å². The molecular weight excluding hydrogens is 250 g/mol. The van der Waals surface area contributed by atoms with E-state index in [0.717, 1.165) is 25.4 Å². The molecule has 0 saturated heterocycles. The van der Waals surface area contributed by atoms with E-state index in [4.69, 9.17) is 0 Å². The maximum atomic E-state index is 11.9. The van der Waals surface area contributed by atoms with E-state index < -0.39 is 0 Å². The molecular formula is C16H31N3O. The molecule has 0 heterocycles. The SMILES string of the molecule is CC(CNCC(=O)NC1CCCCCC1)N(C)C1CC1. The van der Waals surface area contributed by atoms with Crippen LogP contribution in [0.15, 0.2) is 0 Å². The van der Waals surface area contributed by atoms with Crippen molar-refractivity contribution >= 4 is 5.91 Å². The van der Waals surface area contributed by atoms with Crippen molar-refractivity contribution < 1.29 is 4.79 Å². The zero-order valence-corrected chi connectivity index (χ0v) is 13.2. The van der Waals surface area contributed by atoms with Gasteiger partial charge in [-0.1, -0.05) is 25.7 Å². The highest BCUT2D eigenvalue weighted by molar-refractivity contribution is 5.78. The molecule has 20 heavy (non-hydrogen) atoms. The summed E-state index contributed by atoms with van der Waals surface area (Å²) in [6, 6.07) is 1.71. The van der Waals surface area contributed by atoms with Crippen LogP contribution in [0, 0.1) is 0 Å². The van der Waals surface area contributed by atoms with Gasteiger partial charge >= 0.3 is 0 Å². The third-order valence-corrected chi connectivity index (χ3v) is 4.76. The topological polar surface area (TPSA) is 44.4 Å². The Kier molecular flexibility index (Phi) is 6.30. The van der Waals surface area contributed by atoms with Gasteiger partial charge in [0.1, 0.15) is 0 Å². The number of hydrogen-bond donors (Lipinski definition) is 2. The molecule has 0 bridgehead atoms. The van der Waals surface area contributed by atoms with E-state index in [1.807, 2.05) is 0 Å². The monoisotopic (exact) mass is 281 g/mol. The molecule has 2 aliphatic carbocycles. The summed E-state index contributed by atoms with van der Waals surface area (Å²) >= 11 is 0. The highest BCUT2D eigenvalue weighted by Crippen LogP contribution is 2.26. The molecule has 2 aliphatic rings. The van der Waals surface area contributed by atoms with Crippen LogP contribution < -0.4 is 10.6 Å². The predicted molar refractivity (Wildman–Crippen MR) is 82.7 cm³/mol. The van der Waals surface area contributed by atoms with Gasteiger partial charge in [-0.2, -0.15) is 0 Å². The van der Waals surface area contributed by atoms with Crippen molar-refractivity contribution in [3.05, 3.63) is 0 Å². The van der Waals surface area contributed by atoms with Gasteiger partial charge in [0.2, 0.25) is 5.91 Å².